The molecule has 0 bridgehead atoms. The van der Waals surface area contributed by atoms with Crippen LogP contribution in [0, 0.1) is 11.8 Å². The summed E-state index contributed by atoms with van der Waals surface area (Å²) in [6, 6.07) is 0. The zero-order chi connectivity index (χ0) is 14.7. The molecular weight excluding hydrogens is 244 g/mol. The molecule has 0 rings (SSSR count). The van der Waals surface area contributed by atoms with E-state index in [1.165, 1.54) is 12.8 Å². The van der Waals surface area contributed by atoms with Crippen molar-refractivity contribution in [1.29, 1.82) is 0 Å². The summed E-state index contributed by atoms with van der Waals surface area (Å²) in [4.78, 5) is 22.1. The van der Waals surface area contributed by atoms with Gasteiger partial charge in [0.1, 0.15) is 0 Å². The molecule has 0 aromatic rings. The Morgan fingerprint density at radius 2 is 1.47 bits per heavy atom. The first-order chi connectivity index (χ1) is 9.01. The van der Waals surface area contributed by atoms with Crippen LogP contribution >= 0.6 is 0 Å². The fraction of sp³-hybridized carbons (Fsp3) is 0.733. The molecule has 0 heterocycles. The van der Waals surface area contributed by atoms with Gasteiger partial charge in [-0.25, -0.2) is 9.59 Å². The van der Waals surface area contributed by atoms with Crippen LogP contribution in [0.25, 0.3) is 0 Å². The molecule has 0 aromatic heterocycles. The van der Waals surface area contributed by atoms with Crippen molar-refractivity contribution in [3.8, 4) is 0 Å². The van der Waals surface area contributed by atoms with Crippen molar-refractivity contribution in [2.45, 2.75) is 47.0 Å². The Kier molecular flexibility index (Phi) is 9.85. The summed E-state index contributed by atoms with van der Waals surface area (Å²) in [5, 5.41) is 0. The van der Waals surface area contributed by atoms with Gasteiger partial charge in [0.2, 0.25) is 0 Å². The zero-order valence-corrected chi connectivity index (χ0v) is 12.5. The number of carbonyl (C=O) groups excluding carboxylic acids is 2. The van der Waals surface area contributed by atoms with Gasteiger partial charge >= 0.3 is 11.9 Å². The Balaban J connectivity index is 3.82. The van der Waals surface area contributed by atoms with Gasteiger partial charge in [-0.1, -0.05) is 39.3 Å². The van der Waals surface area contributed by atoms with Gasteiger partial charge in [-0.05, 0) is 31.6 Å². The maximum Gasteiger partial charge on any atom is 0.417 e. The smallest absolute Gasteiger partial charge is 0.417 e. The largest absolute Gasteiger partial charge is 0.458 e. The molecular formula is C15H26O4. The minimum absolute atomic E-state index is 0.183. The SMILES string of the molecule is CCCC(C)C=CC(C)CCOC(=O)C(=O)OCC. The molecule has 110 valence electrons. The molecule has 0 fully saturated rings. The van der Waals surface area contributed by atoms with E-state index in [0.717, 1.165) is 0 Å². The van der Waals surface area contributed by atoms with Crippen LogP contribution in [0.5, 0.6) is 0 Å². The number of hydrogen-bond donors (Lipinski definition) is 0. The van der Waals surface area contributed by atoms with Crippen LogP contribution in [0.1, 0.15) is 47.0 Å². The van der Waals surface area contributed by atoms with Crippen LogP contribution in [0.2, 0.25) is 0 Å². The predicted octanol–water partition coefficient (Wildman–Crippen LogP) is 3.11. The highest BCUT2D eigenvalue weighted by Gasteiger charge is 2.16. The highest BCUT2D eigenvalue weighted by molar-refractivity contribution is 6.29. The molecule has 0 N–H and O–H groups in total. The number of rotatable bonds is 8. The summed E-state index contributed by atoms with van der Waals surface area (Å²) in [5.74, 6) is -0.913. The van der Waals surface area contributed by atoms with Crippen molar-refractivity contribution in [3.05, 3.63) is 12.2 Å². The zero-order valence-electron chi connectivity index (χ0n) is 12.5. The van der Waals surface area contributed by atoms with E-state index < -0.39 is 11.9 Å². The normalized spacial score (nSPS) is 14.1. The number of allylic oxidation sites excluding steroid dienone is 2. The van der Waals surface area contributed by atoms with Gasteiger partial charge in [-0.2, -0.15) is 0 Å². The Hall–Kier alpha value is -1.32. The Morgan fingerprint density at radius 3 is 2.00 bits per heavy atom. The van der Waals surface area contributed by atoms with Gasteiger partial charge in [0, 0.05) is 0 Å². The Morgan fingerprint density at radius 1 is 0.947 bits per heavy atom. The van der Waals surface area contributed by atoms with Crippen molar-refractivity contribution >= 4 is 11.9 Å². The average Bonchev–Trinajstić information content (AvgIpc) is 2.37. The van der Waals surface area contributed by atoms with E-state index in [4.69, 9.17) is 4.74 Å². The topological polar surface area (TPSA) is 52.6 Å². The molecule has 0 radical (unpaired) electrons. The van der Waals surface area contributed by atoms with Crippen molar-refractivity contribution in [3.63, 3.8) is 0 Å². The summed E-state index contributed by atoms with van der Waals surface area (Å²) in [6.45, 7) is 8.49. The molecule has 2 unspecified atom stereocenters. The average molecular weight is 270 g/mol. The molecule has 0 aromatic carbocycles. The molecule has 0 spiro atoms. The van der Waals surface area contributed by atoms with E-state index in [-0.39, 0.29) is 13.2 Å². The van der Waals surface area contributed by atoms with Gasteiger partial charge in [-0.15, -0.1) is 0 Å². The van der Waals surface area contributed by atoms with Crippen LogP contribution in [0.4, 0.5) is 0 Å². The van der Waals surface area contributed by atoms with Crippen LogP contribution in [0.3, 0.4) is 0 Å². The van der Waals surface area contributed by atoms with Crippen molar-refractivity contribution < 1.29 is 19.1 Å². The molecule has 0 aliphatic carbocycles. The maximum absolute atomic E-state index is 11.2. The summed E-state index contributed by atoms with van der Waals surface area (Å²) < 4.78 is 9.37. The highest BCUT2D eigenvalue weighted by atomic mass is 16.6. The highest BCUT2D eigenvalue weighted by Crippen LogP contribution is 2.10. The van der Waals surface area contributed by atoms with Crippen molar-refractivity contribution in [2.24, 2.45) is 11.8 Å². The second kappa shape index (κ2) is 10.6. The summed E-state index contributed by atoms with van der Waals surface area (Å²) in [6.07, 6.45) is 7.40. The lowest BCUT2D eigenvalue weighted by molar-refractivity contribution is -0.167. The predicted molar refractivity (Wildman–Crippen MR) is 74.6 cm³/mol. The van der Waals surface area contributed by atoms with E-state index in [0.29, 0.717) is 18.3 Å². The second-order valence-electron chi connectivity index (χ2n) is 4.77. The lowest BCUT2D eigenvalue weighted by atomic mass is 10.0. The van der Waals surface area contributed by atoms with Crippen LogP contribution in [-0.4, -0.2) is 25.2 Å². The fourth-order valence-corrected chi connectivity index (χ4v) is 1.61. The molecule has 4 nitrogen and oxygen atoms in total. The van der Waals surface area contributed by atoms with Gasteiger partial charge in [0.25, 0.3) is 0 Å². The molecule has 0 saturated heterocycles. The summed E-state index contributed by atoms with van der Waals surface area (Å²) in [5.41, 5.74) is 0. The second-order valence-corrected chi connectivity index (χ2v) is 4.77. The monoisotopic (exact) mass is 270 g/mol. The molecule has 4 heteroatoms. The fourth-order valence-electron chi connectivity index (χ4n) is 1.61. The quantitative estimate of drug-likeness (QED) is 0.386. The maximum atomic E-state index is 11.2. The summed E-state index contributed by atoms with van der Waals surface area (Å²) in [7, 11) is 0. The van der Waals surface area contributed by atoms with Gasteiger partial charge < -0.3 is 9.47 Å². The van der Waals surface area contributed by atoms with E-state index in [2.05, 4.69) is 37.7 Å². The van der Waals surface area contributed by atoms with E-state index >= 15 is 0 Å². The van der Waals surface area contributed by atoms with E-state index in [9.17, 15) is 9.59 Å². The first kappa shape index (κ1) is 17.7. The van der Waals surface area contributed by atoms with Crippen LogP contribution < -0.4 is 0 Å². The first-order valence-corrected chi connectivity index (χ1v) is 7.03. The number of hydrogen-bond acceptors (Lipinski definition) is 4. The third-order valence-corrected chi connectivity index (χ3v) is 2.76. The van der Waals surface area contributed by atoms with Crippen molar-refractivity contribution in [1.82, 2.24) is 0 Å². The molecule has 0 saturated carbocycles. The first-order valence-electron chi connectivity index (χ1n) is 7.03. The molecule has 0 aliphatic heterocycles. The lowest BCUT2D eigenvalue weighted by Crippen LogP contribution is -2.21. The standard InChI is InChI=1S/C15H26O4/c1-5-7-12(3)8-9-13(4)10-11-19-15(17)14(16)18-6-2/h8-9,12-13H,5-7,10-11H2,1-4H3. The number of ether oxygens (including phenoxy) is 2. The van der Waals surface area contributed by atoms with Gasteiger partial charge in [-0.3, -0.25) is 0 Å². The molecule has 2 atom stereocenters. The molecule has 0 amide bonds. The third kappa shape index (κ3) is 9.28. The molecule has 0 aliphatic rings. The van der Waals surface area contributed by atoms with Gasteiger partial charge in [0.05, 0.1) is 13.2 Å². The Bertz CT molecular complexity index is 297. The van der Waals surface area contributed by atoms with Crippen LogP contribution in [0.15, 0.2) is 12.2 Å². The third-order valence-electron chi connectivity index (χ3n) is 2.76. The minimum atomic E-state index is -0.915. The van der Waals surface area contributed by atoms with Crippen LogP contribution in [-0.2, 0) is 19.1 Å². The van der Waals surface area contributed by atoms with E-state index in [1.807, 2.05) is 0 Å². The summed E-state index contributed by atoms with van der Waals surface area (Å²) >= 11 is 0. The van der Waals surface area contributed by atoms with Crippen molar-refractivity contribution in [2.75, 3.05) is 13.2 Å². The number of carbonyl (C=O) groups is 2. The van der Waals surface area contributed by atoms with E-state index in [1.54, 1.807) is 6.92 Å². The van der Waals surface area contributed by atoms with Gasteiger partial charge in [0.15, 0.2) is 0 Å². The Labute approximate surface area is 116 Å². The number of esters is 2. The lowest BCUT2D eigenvalue weighted by Gasteiger charge is -2.09. The molecule has 19 heavy (non-hydrogen) atoms. The minimum Gasteiger partial charge on any atom is -0.458 e.